The third kappa shape index (κ3) is 11.1. The van der Waals surface area contributed by atoms with Crippen LogP contribution >= 0.6 is 0 Å². The predicted octanol–water partition coefficient (Wildman–Crippen LogP) is -0.419. The summed E-state index contributed by atoms with van der Waals surface area (Å²) < 4.78 is 9.47. The van der Waals surface area contributed by atoms with E-state index in [1.165, 1.54) is 7.11 Å². The number of nitrogens with zero attached hydrogens (tertiary/aromatic N) is 2. The summed E-state index contributed by atoms with van der Waals surface area (Å²) in [5.41, 5.74) is 5.43. The van der Waals surface area contributed by atoms with Crippen molar-refractivity contribution in [2.75, 3.05) is 60.2 Å². The summed E-state index contributed by atoms with van der Waals surface area (Å²) in [5.74, 6) is -0.708. The van der Waals surface area contributed by atoms with Crippen molar-refractivity contribution < 1.29 is 29.0 Å². The highest BCUT2D eigenvalue weighted by Crippen LogP contribution is 2.13. The van der Waals surface area contributed by atoms with Crippen LogP contribution in [0.25, 0.3) is 0 Å². The van der Waals surface area contributed by atoms with Crippen LogP contribution in [0.5, 0.6) is 0 Å². The van der Waals surface area contributed by atoms with Gasteiger partial charge in [-0.3, -0.25) is 14.5 Å². The molecule has 1 unspecified atom stereocenters. The Morgan fingerprint density at radius 1 is 1.19 bits per heavy atom. The molecule has 1 aliphatic rings. The highest BCUT2D eigenvalue weighted by Gasteiger charge is 2.30. The fraction of sp³-hybridized carbons (Fsp3) is 0.824. The van der Waals surface area contributed by atoms with Crippen molar-refractivity contribution in [3.63, 3.8) is 0 Å². The third-order valence-electron chi connectivity index (χ3n) is 3.98. The van der Waals surface area contributed by atoms with Crippen LogP contribution in [0.1, 0.15) is 25.7 Å². The first-order valence-corrected chi connectivity index (χ1v) is 8.85. The van der Waals surface area contributed by atoms with Crippen LogP contribution in [0, 0.1) is 0 Å². The minimum atomic E-state index is -0.849. The quantitative estimate of drug-likeness (QED) is 0.369. The van der Waals surface area contributed by atoms with E-state index in [0.29, 0.717) is 45.5 Å². The number of unbranched alkanes of at least 4 members (excludes halogenated alkanes) is 2. The number of methoxy groups -OCH3 is 2. The van der Waals surface area contributed by atoms with Gasteiger partial charge in [0.25, 0.3) is 0 Å². The Morgan fingerprint density at radius 2 is 1.92 bits per heavy atom. The second-order valence-electron chi connectivity index (χ2n) is 6.03. The maximum Gasteiger partial charge on any atom is 0.317 e. The van der Waals surface area contributed by atoms with Crippen molar-refractivity contribution in [2.45, 2.75) is 31.7 Å². The molecule has 0 aromatic heterocycles. The number of ether oxygens (including phenoxy) is 2. The van der Waals surface area contributed by atoms with Gasteiger partial charge in [0.15, 0.2) is 0 Å². The Hall–Kier alpha value is -1.55. The van der Waals surface area contributed by atoms with Gasteiger partial charge < -0.3 is 30.0 Å². The Balaban J connectivity index is 0.00000110. The van der Waals surface area contributed by atoms with E-state index < -0.39 is 5.97 Å². The molecule has 1 aliphatic heterocycles. The van der Waals surface area contributed by atoms with Gasteiger partial charge in [-0.25, -0.2) is 0 Å². The molecular weight excluding hydrogens is 342 g/mol. The number of carboxylic acid groups (broad SMARTS) is 1. The molecule has 152 valence electrons. The van der Waals surface area contributed by atoms with Gasteiger partial charge in [-0.2, -0.15) is 0 Å². The van der Waals surface area contributed by atoms with Gasteiger partial charge in [0.1, 0.15) is 12.9 Å². The molecule has 9 nitrogen and oxygen atoms in total. The van der Waals surface area contributed by atoms with Crippen molar-refractivity contribution in [3.05, 3.63) is 0 Å². The summed E-state index contributed by atoms with van der Waals surface area (Å²) >= 11 is 0. The molecule has 9 heteroatoms. The number of carbonyl (C=O) groups is 3. The minimum absolute atomic E-state index is 0.00738. The third-order valence-corrected chi connectivity index (χ3v) is 3.98. The fourth-order valence-electron chi connectivity index (χ4n) is 2.68. The molecule has 0 spiro atoms. The minimum Gasteiger partial charge on any atom is -0.480 e. The first kappa shape index (κ1) is 24.5. The molecule has 0 aromatic rings. The van der Waals surface area contributed by atoms with E-state index in [1.807, 2.05) is 9.80 Å². The van der Waals surface area contributed by atoms with Crippen LogP contribution in [-0.4, -0.2) is 99.3 Å². The summed E-state index contributed by atoms with van der Waals surface area (Å²) in [5, 5.41) is 8.92. The van der Waals surface area contributed by atoms with Crippen LogP contribution in [0.4, 0.5) is 0 Å². The van der Waals surface area contributed by atoms with Gasteiger partial charge in [0.2, 0.25) is 5.91 Å². The van der Waals surface area contributed by atoms with Crippen molar-refractivity contribution >= 4 is 18.2 Å². The zero-order valence-electron chi connectivity index (χ0n) is 15.9. The van der Waals surface area contributed by atoms with Gasteiger partial charge in [-0.05, 0) is 19.4 Å². The van der Waals surface area contributed by atoms with Crippen molar-refractivity contribution in [2.24, 2.45) is 5.73 Å². The number of rotatable bonds is 11. The molecule has 26 heavy (non-hydrogen) atoms. The van der Waals surface area contributed by atoms with Gasteiger partial charge >= 0.3 is 5.97 Å². The number of piperazine rings is 1. The standard InChI is InChI=1S/C14H27N3O4.C3H6O2/c1-21-11-12-9-17(8-7-16(12)10-14(19)20)13(18)5-3-2-4-6-15;1-5-3-2-4/h12H,2-11,15H2,1H3,(H,19,20);2H,3H2,1H3. The lowest BCUT2D eigenvalue weighted by Crippen LogP contribution is -2.57. The number of aliphatic carboxylic acids is 1. The lowest BCUT2D eigenvalue weighted by molar-refractivity contribution is -0.141. The number of aldehydes is 1. The zero-order chi connectivity index (χ0) is 19.8. The van der Waals surface area contributed by atoms with E-state index in [9.17, 15) is 14.4 Å². The summed E-state index contributed by atoms with van der Waals surface area (Å²) in [7, 11) is 3.07. The maximum atomic E-state index is 12.2. The van der Waals surface area contributed by atoms with Crippen LogP contribution < -0.4 is 5.73 Å². The molecule has 1 fully saturated rings. The molecule has 0 saturated carbocycles. The predicted molar refractivity (Wildman–Crippen MR) is 96.9 cm³/mol. The molecule has 0 bridgehead atoms. The SMILES string of the molecule is COCC1CN(C(=O)CCCCCN)CCN1CC(=O)O.COCC=O. The molecule has 0 aliphatic carbocycles. The highest BCUT2D eigenvalue weighted by molar-refractivity contribution is 5.76. The topological polar surface area (TPSA) is 122 Å². The zero-order valence-corrected chi connectivity index (χ0v) is 15.9. The summed E-state index contributed by atoms with van der Waals surface area (Å²) in [4.78, 5) is 36.0. The van der Waals surface area contributed by atoms with Crippen molar-refractivity contribution in [1.29, 1.82) is 0 Å². The van der Waals surface area contributed by atoms with Gasteiger partial charge in [0.05, 0.1) is 19.2 Å². The Kier molecular flexibility index (Phi) is 14.8. The molecular formula is C17H33N3O6. The highest BCUT2D eigenvalue weighted by atomic mass is 16.5. The molecule has 0 aromatic carbocycles. The lowest BCUT2D eigenvalue weighted by Gasteiger charge is -2.40. The van der Waals surface area contributed by atoms with E-state index >= 15 is 0 Å². The molecule has 0 radical (unpaired) electrons. The average Bonchev–Trinajstić information content (AvgIpc) is 2.61. The van der Waals surface area contributed by atoms with Crippen LogP contribution in [0.3, 0.4) is 0 Å². The van der Waals surface area contributed by atoms with Gasteiger partial charge in [0, 0.05) is 40.3 Å². The first-order valence-electron chi connectivity index (χ1n) is 8.85. The fourth-order valence-corrected chi connectivity index (χ4v) is 2.68. The van der Waals surface area contributed by atoms with E-state index in [1.54, 1.807) is 7.11 Å². The summed E-state index contributed by atoms with van der Waals surface area (Å²) in [6, 6.07) is -0.0483. The lowest BCUT2D eigenvalue weighted by atomic mass is 10.1. The van der Waals surface area contributed by atoms with Crippen molar-refractivity contribution in [1.82, 2.24) is 9.80 Å². The average molecular weight is 375 g/mol. The monoisotopic (exact) mass is 375 g/mol. The number of carbonyl (C=O) groups excluding carboxylic acids is 2. The number of hydrogen-bond acceptors (Lipinski definition) is 7. The second-order valence-corrected chi connectivity index (χ2v) is 6.03. The summed E-state index contributed by atoms with van der Waals surface area (Å²) in [6.45, 7) is 3.00. The van der Waals surface area contributed by atoms with Crippen molar-refractivity contribution in [3.8, 4) is 0 Å². The molecule has 3 N–H and O–H groups in total. The van der Waals surface area contributed by atoms with Crippen LogP contribution in [0.2, 0.25) is 0 Å². The smallest absolute Gasteiger partial charge is 0.317 e. The van der Waals surface area contributed by atoms with E-state index in [2.05, 4.69) is 4.74 Å². The van der Waals surface area contributed by atoms with Crippen LogP contribution in [0.15, 0.2) is 0 Å². The van der Waals surface area contributed by atoms with Gasteiger partial charge in [-0.1, -0.05) is 6.42 Å². The number of carboxylic acids is 1. The Morgan fingerprint density at radius 3 is 2.42 bits per heavy atom. The normalized spacial score (nSPS) is 17.3. The maximum absolute atomic E-state index is 12.2. The number of amides is 1. The number of hydrogen-bond donors (Lipinski definition) is 2. The first-order chi connectivity index (χ1) is 12.5. The molecule has 1 saturated heterocycles. The Bertz CT molecular complexity index is 408. The molecule has 1 rings (SSSR count). The van der Waals surface area contributed by atoms with E-state index in [4.69, 9.17) is 15.6 Å². The Labute approximate surface area is 155 Å². The molecule has 1 amide bonds. The number of nitrogens with two attached hydrogens (primary N) is 1. The van der Waals surface area contributed by atoms with E-state index in [-0.39, 0.29) is 25.1 Å². The van der Waals surface area contributed by atoms with E-state index in [0.717, 1.165) is 19.3 Å². The largest absolute Gasteiger partial charge is 0.480 e. The second kappa shape index (κ2) is 15.7. The van der Waals surface area contributed by atoms with Crippen LogP contribution in [-0.2, 0) is 23.9 Å². The van der Waals surface area contributed by atoms with Gasteiger partial charge in [-0.15, -0.1) is 0 Å². The molecule has 1 atom stereocenters. The molecule has 1 heterocycles. The summed E-state index contributed by atoms with van der Waals surface area (Å²) in [6.07, 6.45) is 4.04.